The van der Waals surface area contributed by atoms with Crippen LogP contribution in [-0.4, -0.2) is 43.1 Å². The molecule has 1 rings (SSSR count). The lowest BCUT2D eigenvalue weighted by atomic mass is 10.4. The van der Waals surface area contributed by atoms with Gasteiger partial charge < -0.3 is 10.2 Å². The van der Waals surface area contributed by atoms with E-state index in [1.165, 1.54) is 0 Å². The Kier molecular flexibility index (Phi) is 5.28. The Hall–Kier alpha value is -1.62. The van der Waals surface area contributed by atoms with Gasteiger partial charge in [-0.05, 0) is 39.2 Å². The van der Waals surface area contributed by atoms with E-state index < -0.39 is 0 Å². The van der Waals surface area contributed by atoms with Gasteiger partial charge in [-0.1, -0.05) is 6.07 Å². The molecule has 2 amide bonds. The monoisotopic (exact) mass is 222 g/mol. The quantitative estimate of drug-likeness (QED) is 0.735. The molecule has 0 spiro atoms. The molecule has 0 aliphatic carbocycles. The molecule has 88 valence electrons. The fraction of sp³-hybridized carbons (Fsp3) is 0.455. The third kappa shape index (κ3) is 5.31. The molecule has 0 saturated heterocycles. The first kappa shape index (κ1) is 12.4. The van der Waals surface area contributed by atoms with Crippen LogP contribution in [0.1, 0.15) is 6.42 Å². The van der Waals surface area contributed by atoms with Gasteiger partial charge in [-0.3, -0.25) is 5.32 Å². The summed E-state index contributed by atoms with van der Waals surface area (Å²) in [6.07, 6.45) is 2.57. The molecule has 0 saturated carbocycles. The molecule has 2 N–H and O–H groups in total. The maximum atomic E-state index is 11.4. The summed E-state index contributed by atoms with van der Waals surface area (Å²) in [6, 6.07) is 5.17. The SMILES string of the molecule is CN(C)CCCNC(=O)Nc1ccccn1. The molecule has 5 nitrogen and oxygen atoms in total. The van der Waals surface area contributed by atoms with E-state index in [-0.39, 0.29) is 6.03 Å². The molecule has 16 heavy (non-hydrogen) atoms. The fourth-order valence-corrected chi connectivity index (χ4v) is 1.19. The highest BCUT2D eigenvalue weighted by Crippen LogP contribution is 1.98. The first-order valence-corrected chi connectivity index (χ1v) is 5.29. The maximum Gasteiger partial charge on any atom is 0.320 e. The number of hydrogen-bond acceptors (Lipinski definition) is 3. The third-order valence-electron chi connectivity index (χ3n) is 1.97. The number of pyridine rings is 1. The fourth-order valence-electron chi connectivity index (χ4n) is 1.19. The summed E-state index contributed by atoms with van der Waals surface area (Å²) in [4.78, 5) is 17.5. The van der Waals surface area contributed by atoms with Gasteiger partial charge in [0.05, 0.1) is 0 Å². The molecule has 0 radical (unpaired) electrons. The van der Waals surface area contributed by atoms with Crippen molar-refractivity contribution >= 4 is 11.8 Å². The summed E-state index contributed by atoms with van der Waals surface area (Å²) < 4.78 is 0. The topological polar surface area (TPSA) is 57.3 Å². The van der Waals surface area contributed by atoms with E-state index in [0.717, 1.165) is 13.0 Å². The minimum absolute atomic E-state index is 0.211. The van der Waals surface area contributed by atoms with Gasteiger partial charge >= 0.3 is 6.03 Å². The summed E-state index contributed by atoms with van der Waals surface area (Å²) in [5.41, 5.74) is 0. The third-order valence-corrected chi connectivity index (χ3v) is 1.97. The molecule has 0 aliphatic heterocycles. The van der Waals surface area contributed by atoms with Crippen LogP contribution in [0, 0.1) is 0 Å². The Morgan fingerprint density at radius 2 is 2.25 bits per heavy atom. The molecule has 0 bridgehead atoms. The Bertz CT molecular complexity index is 313. The number of rotatable bonds is 5. The van der Waals surface area contributed by atoms with Crippen molar-refractivity contribution in [1.29, 1.82) is 0 Å². The summed E-state index contributed by atoms with van der Waals surface area (Å²) >= 11 is 0. The van der Waals surface area contributed by atoms with Crippen molar-refractivity contribution in [1.82, 2.24) is 15.2 Å². The molecule has 0 atom stereocenters. The first-order valence-electron chi connectivity index (χ1n) is 5.29. The predicted molar refractivity (Wildman–Crippen MR) is 64.4 cm³/mol. The van der Waals surface area contributed by atoms with Crippen LogP contribution in [-0.2, 0) is 0 Å². The summed E-state index contributed by atoms with van der Waals surface area (Å²) in [7, 11) is 4.02. The van der Waals surface area contributed by atoms with Crippen molar-refractivity contribution in [3.8, 4) is 0 Å². The number of anilines is 1. The summed E-state index contributed by atoms with van der Waals surface area (Å²) in [6.45, 7) is 1.63. The van der Waals surface area contributed by atoms with E-state index in [4.69, 9.17) is 0 Å². The standard InChI is InChI=1S/C11H18N4O/c1-15(2)9-5-8-13-11(16)14-10-6-3-4-7-12-10/h3-4,6-7H,5,8-9H2,1-2H3,(H2,12,13,14,16). The van der Waals surface area contributed by atoms with Crippen LogP contribution in [0.15, 0.2) is 24.4 Å². The molecule has 1 aromatic rings. The number of carbonyl (C=O) groups is 1. The first-order chi connectivity index (χ1) is 7.68. The zero-order chi connectivity index (χ0) is 11.8. The molecule has 0 aliphatic rings. The lowest BCUT2D eigenvalue weighted by Crippen LogP contribution is -2.31. The van der Waals surface area contributed by atoms with Gasteiger partial charge in [-0.2, -0.15) is 0 Å². The van der Waals surface area contributed by atoms with Crippen LogP contribution in [0.4, 0.5) is 10.6 Å². The zero-order valence-corrected chi connectivity index (χ0v) is 9.73. The molecule has 1 aromatic heterocycles. The number of carbonyl (C=O) groups excluding carboxylic acids is 1. The molecular formula is C11H18N4O. The van der Waals surface area contributed by atoms with Crippen molar-refractivity contribution < 1.29 is 4.79 Å². The minimum Gasteiger partial charge on any atom is -0.338 e. The van der Waals surface area contributed by atoms with Crippen molar-refractivity contribution in [3.05, 3.63) is 24.4 Å². The molecule has 0 unspecified atom stereocenters. The van der Waals surface area contributed by atoms with Crippen LogP contribution in [0.3, 0.4) is 0 Å². The van der Waals surface area contributed by atoms with E-state index in [1.807, 2.05) is 20.2 Å². The average Bonchev–Trinajstić information content (AvgIpc) is 2.25. The van der Waals surface area contributed by atoms with Gasteiger partial charge in [0.25, 0.3) is 0 Å². The zero-order valence-electron chi connectivity index (χ0n) is 9.73. The second-order valence-electron chi connectivity index (χ2n) is 3.75. The van der Waals surface area contributed by atoms with Gasteiger partial charge in [0.15, 0.2) is 0 Å². The largest absolute Gasteiger partial charge is 0.338 e. The Morgan fingerprint density at radius 3 is 2.88 bits per heavy atom. The Balaban J connectivity index is 2.17. The Labute approximate surface area is 95.9 Å². The second-order valence-corrected chi connectivity index (χ2v) is 3.75. The number of urea groups is 1. The molecule has 0 fully saturated rings. The molecular weight excluding hydrogens is 204 g/mol. The van der Waals surface area contributed by atoms with Crippen LogP contribution in [0.5, 0.6) is 0 Å². The van der Waals surface area contributed by atoms with Gasteiger partial charge in [-0.15, -0.1) is 0 Å². The van der Waals surface area contributed by atoms with Crippen molar-refractivity contribution in [2.75, 3.05) is 32.5 Å². The van der Waals surface area contributed by atoms with Crippen LogP contribution < -0.4 is 10.6 Å². The number of nitrogens with zero attached hydrogens (tertiary/aromatic N) is 2. The highest BCUT2D eigenvalue weighted by Gasteiger charge is 2.00. The summed E-state index contributed by atoms with van der Waals surface area (Å²) in [5, 5.41) is 5.43. The highest BCUT2D eigenvalue weighted by atomic mass is 16.2. The number of amides is 2. The average molecular weight is 222 g/mol. The van der Waals surface area contributed by atoms with Crippen molar-refractivity contribution in [3.63, 3.8) is 0 Å². The van der Waals surface area contributed by atoms with Crippen molar-refractivity contribution in [2.45, 2.75) is 6.42 Å². The van der Waals surface area contributed by atoms with E-state index >= 15 is 0 Å². The molecule has 0 aromatic carbocycles. The van der Waals surface area contributed by atoms with Gasteiger partial charge in [0.1, 0.15) is 5.82 Å². The summed E-state index contributed by atoms with van der Waals surface area (Å²) in [5.74, 6) is 0.563. The minimum atomic E-state index is -0.211. The van der Waals surface area contributed by atoms with Crippen LogP contribution >= 0.6 is 0 Å². The normalized spacial score (nSPS) is 10.2. The lowest BCUT2D eigenvalue weighted by Gasteiger charge is -2.10. The van der Waals surface area contributed by atoms with Crippen LogP contribution in [0.25, 0.3) is 0 Å². The number of hydrogen-bond donors (Lipinski definition) is 2. The van der Waals surface area contributed by atoms with E-state index in [1.54, 1.807) is 18.3 Å². The maximum absolute atomic E-state index is 11.4. The lowest BCUT2D eigenvalue weighted by molar-refractivity contribution is 0.251. The number of aromatic nitrogens is 1. The highest BCUT2D eigenvalue weighted by molar-refractivity contribution is 5.88. The van der Waals surface area contributed by atoms with Gasteiger partial charge in [-0.25, -0.2) is 9.78 Å². The molecule has 5 heteroatoms. The smallest absolute Gasteiger partial charge is 0.320 e. The van der Waals surface area contributed by atoms with E-state index in [0.29, 0.717) is 12.4 Å². The van der Waals surface area contributed by atoms with Crippen molar-refractivity contribution in [2.24, 2.45) is 0 Å². The molecule has 1 heterocycles. The van der Waals surface area contributed by atoms with E-state index in [9.17, 15) is 4.79 Å². The predicted octanol–water partition coefficient (Wildman–Crippen LogP) is 1.15. The number of nitrogens with one attached hydrogen (secondary N) is 2. The van der Waals surface area contributed by atoms with Gasteiger partial charge in [0.2, 0.25) is 0 Å². The van der Waals surface area contributed by atoms with Gasteiger partial charge in [0, 0.05) is 12.7 Å². The second kappa shape index (κ2) is 6.79. The Morgan fingerprint density at radius 1 is 1.44 bits per heavy atom. The van der Waals surface area contributed by atoms with E-state index in [2.05, 4.69) is 20.5 Å². The van der Waals surface area contributed by atoms with Crippen LogP contribution in [0.2, 0.25) is 0 Å².